The molecule has 2 aromatic carbocycles. The van der Waals surface area contributed by atoms with E-state index in [-0.39, 0.29) is 0 Å². The van der Waals surface area contributed by atoms with Gasteiger partial charge in [-0.25, -0.2) is 4.98 Å². The molecule has 0 aliphatic heterocycles. The number of rotatable bonds is 2. The van der Waals surface area contributed by atoms with Gasteiger partial charge in [0, 0.05) is 17.1 Å². The molecule has 0 radical (unpaired) electrons. The second kappa shape index (κ2) is 4.88. The Morgan fingerprint density at radius 1 is 1.29 bits per heavy atom. The van der Waals surface area contributed by atoms with Gasteiger partial charge < -0.3 is 9.73 Å². The van der Waals surface area contributed by atoms with Crippen LogP contribution < -0.4 is 5.32 Å². The van der Waals surface area contributed by atoms with Crippen LogP contribution in [0.1, 0.15) is 29.5 Å². The van der Waals surface area contributed by atoms with Gasteiger partial charge in [0.15, 0.2) is 11.5 Å². The lowest BCUT2D eigenvalue weighted by Gasteiger charge is -2.15. The van der Waals surface area contributed by atoms with Crippen molar-refractivity contribution >= 4 is 32.7 Å². The molecule has 1 unspecified atom stereocenters. The third kappa shape index (κ3) is 2.23. The Labute approximate surface area is 131 Å². The van der Waals surface area contributed by atoms with Crippen LogP contribution in [-0.4, -0.2) is 4.98 Å². The van der Waals surface area contributed by atoms with Crippen molar-refractivity contribution in [1.82, 2.24) is 4.98 Å². The van der Waals surface area contributed by atoms with E-state index in [9.17, 15) is 0 Å². The summed E-state index contributed by atoms with van der Waals surface area (Å²) in [5.74, 6) is 0.706. The van der Waals surface area contributed by atoms with Crippen molar-refractivity contribution in [2.75, 3.05) is 5.32 Å². The number of aromatic nitrogens is 1. The molecule has 4 rings (SSSR count). The molecule has 1 aromatic heterocycles. The van der Waals surface area contributed by atoms with E-state index in [1.165, 1.54) is 15.6 Å². The van der Waals surface area contributed by atoms with Gasteiger partial charge in [0.25, 0.3) is 0 Å². The highest BCUT2D eigenvalue weighted by molar-refractivity contribution is 9.10. The molecular weight excluding hydrogens is 328 g/mol. The zero-order chi connectivity index (χ0) is 14.4. The number of benzene rings is 2. The number of oxazole rings is 1. The van der Waals surface area contributed by atoms with Crippen molar-refractivity contribution < 1.29 is 4.42 Å². The van der Waals surface area contributed by atoms with Crippen molar-refractivity contribution in [1.29, 1.82) is 0 Å². The summed E-state index contributed by atoms with van der Waals surface area (Å²) < 4.78 is 6.73. The fourth-order valence-corrected chi connectivity index (χ4v) is 3.67. The SMILES string of the molecule is Cc1nc2cc(NC3CCc4c(Br)cccc43)ccc2o1. The monoisotopic (exact) mass is 342 g/mol. The van der Waals surface area contributed by atoms with Crippen LogP contribution in [0, 0.1) is 6.92 Å². The average Bonchev–Trinajstić information content (AvgIpc) is 3.02. The van der Waals surface area contributed by atoms with Crippen molar-refractivity contribution in [2.24, 2.45) is 0 Å². The predicted molar refractivity (Wildman–Crippen MR) is 87.6 cm³/mol. The van der Waals surface area contributed by atoms with E-state index >= 15 is 0 Å². The molecule has 3 nitrogen and oxygen atoms in total. The number of hydrogen-bond acceptors (Lipinski definition) is 3. The summed E-state index contributed by atoms with van der Waals surface area (Å²) in [6.45, 7) is 1.87. The Hall–Kier alpha value is -1.81. The van der Waals surface area contributed by atoms with E-state index in [0.717, 1.165) is 29.6 Å². The molecule has 4 heteroatoms. The van der Waals surface area contributed by atoms with Crippen molar-refractivity contribution in [3.05, 3.63) is 57.9 Å². The van der Waals surface area contributed by atoms with Crippen LogP contribution in [0.25, 0.3) is 11.1 Å². The molecule has 21 heavy (non-hydrogen) atoms. The summed E-state index contributed by atoms with van der Waals surface area (Å²) in [5, 5.41) is 3.62. The molecule has 1 aliphatic carbocycles. The first kappa shape index (κ1) is 12.9. The van der Waals surface area contributed by atoms with E-state index < -0.39 is 0 Å². The lowest BCUT2D eigenvalue weighted by atomic mass is 10.1. The molecule has 0 saturated carbocycles. The van der Waals surface area contributed by atoms with Crippen LogP contribution in [0.3, 0.4) is 0 Å². The minimum Gasteiger partial charge on any atom is -0.441 e. The number of nitrogens with zero attached hydrogens (tertiary/aromatic N) is 1. The van der Waals surface area contributed by atoms with Gasteiger partial charge in [-0.1, -0.05) is 28.1 Å². The van der Waals surface area contributed by atoms with Gasteiger partial charge in [-0.3, -0.25) is 0 Å². The minimum atomic E-state index is 0.364. The quantitative estimate of drug-likeness (QED) is 0.712. The zero-order valence-corrected chi connectivity index (χ0v) is 13.3. The Morgan fingerprint density at radius 3 is 3.10 bits per heavy atom. The largest absolute Gasteiger partial charge is 0.441 e. The maximum Gasteiger partial charge on any atom is 0.192 e. The summed E-state index contributed by atoms with van der Waals surface area (Å²) in [6.07, 6.45) is 2.23. The van der Waals surface area contributed by atoms with Gasteiger partial charge in [-0.05, 0) is 48.2 Å². The maximum atomic E-state index is 5.52. The molecule has 0 bridgehead atoms. The molecule has 1 N–H and O–H groups in total. The van der Waals surface area contributed by atoms with Gasteiger partial charge >= 0.3 is 0 Å². The highest BCUT2D eigenvalue weighted by Crippen LogP contribution is 2.37. The van der Waals surface area contributed by atoms with Crippen LogP contribution in [0.5, 0.6) is 0 Å². The summed E-state index contributed by atoms with van der Waals surface area (Å²) in [6, 6.07) is 12.9. The number of anilines is 1. The van der Waals surface area contributed by atoms with E-state index in [2.05, 4.69) is 56.6 Å². The van der Waals surface area contributed by atoms with Crippen LogP contribution in [0.4, 0.5) is 5.69 Å². The summed E-state index contributed by atoms with van der Waals surface area (Å²) in [7, 11) is 0. The molecule has 0 saturated heterocycles. The molecular formula is C17H15BrN2O. The first-order valence-corrected chi connectivity index (χ1v) is 7.91. The Balaban J connectivity index is 1.65. The number of nitrogens with one attached hydrogen (secondary N) is 1. The average molecular weight is 343 g/mol. The third-order valence-corrected chi connectivity index (χ3v) is 4.79. The molecule has 106 valence electrons. The molecule has 1 aliphatic rings. The fraction of sp³-hybridized carbons (Fsp3) is 0.235. The lowest BCUT2D eigenvalue weighted by Crippen LogP contribution is -2.06. The standard InChI is InChI=1S/C17H15BrN2O/c1-10-19-16-9-11(5-8-17(16)21-10)20-15-7-6-12-13(15)3-2-4-14(12)18/h2-5,8-9,15,20H,6-7H2,1H3. The van der Waals surface area contributed by atoms with E-state index in [1.807, 2.05) is 13.0 Å². The highest BCUT2D eigenvalue weighted by atomic mass is 79.9. The van der Waals surface area contributed by atoms with Crippen LogP contribution >= 0.6 is 15.9 Å². The number of hydrogen-bond donors (Lipinski definition) is 1. The normalized spacial score (nSPS) is 17.1. The van der Waals surface area contributed by atoms with Crippen molar-refractivity contribution in [2.45, 2.75) is 25.8 Å². The smallest absolute Gasteiger partial charge is 0.192 e. The zero-order valence-electron chi connectivity index (χ0n) is 11.7. The van der Waals surface area contributed by atoms with Crippen molar-refractivity contribution in [3.63, 3.8) is 0 Å². The predicted octanol–water partition coefficient (Wildman–Crippen LogP) is 5.00. The fourth-order valence-electron chi connectivity index (χ4n) is 3.09. The first-order chi connectivity index (χ1) is 10.2. The van der Waals surface area contributed by atoms with Crippen LogP contribution in [0.2, 0.25) is 0 Å². The molecule has 0 spiro atoms. The van der Waals surface area contributed by atoms with Gasteiger partial charge in [0.2, 0.25) is 0 Å². The Kier molecular flexibility index (Phi) is 3.00. The summed E-state index contributed by atoms with van der Waals surface area (Å²) >= 11 is 3.65. The number of aryl methyl sites for hydroxylation is 1. The second-order valence-corrected chi connectivity index (χ2v) is 6.31. The number of halogens is 1. The van der Waals surface area contributed by atoms with E-state index in [0.29, 0.717) is 11.9 Å². The highest BCUT2D eigenvalue weighted by Gasteiger charge is 2.23. The minimum absolute atomic E-state index is 0.364. The summed E-state index contributed by atoms with van der Waals surface area (Å²) in [4.78, 5) is 4.39. The maximum absolute atomic E-state index is 5.52. The molecule has 1 heterocycles. The van der Waals surface area contributed by atoms with Gasteiger partial charge in [0.05, 0.1) is 6.04 Å². The third-order valence-electron chi connectivity index (χ3n) is 4.05. The first-order valence-electron chi connectivity index (χ1n) is 7.12. The summed E-state index contributed by atoms with van der Waals surface area (Å²) in [5.41, 5.74) is 5.65. The Morgan fingerprint density at radius 2 is 2.19 bits per heavy atom. The van der Waals surface area contributed by atoms with Gasteiger partial charge in [0.1, 0.15) is 5.52 Å². The lowest BCUT2D eigenvalue weighted by molar-refractivity contribution is 0.561. The molecule has 3 aromatic rings. The van der Waals surface area contributed by atoms with E-state index in [1.54, 1.807) is 0 Å². The van der Waals surface area contributed by atoms with Gasteiger partial charge in [-0.2, -0.15) is 0 Å². The topological polar surface area (TPSA) is 38.1 Å². The van der Waals surface area contributed by atoms with Crippen molar-refractivity contribution in [3.8, 4) is 0 Å². The Bertz CT molecular complexity index is 825. The van der Waals surface area contributed by atoms with Crippen LogP contribution in [0.15, 0.2) is 45.3 Å². The second-order valence-electron chi connectivity index (χ2n) is 5.46. The molecule has 1 atom stereocenters. The van der Waals surface area contributed by atoms with Gasteiger partial charge in [-0.15, -0.1) is 0 Å². The van der Waals surface area contributed by atoms with E-state index in [4.69, 9.17) is 4.42 Å². The van der Waals surface area contributed by atoms with Crippen LogP contribution in [-0.2, 0) is 6.42 Å². The molecule has 0 amide bonds. The number of fused-ring (bicyclic) bond motifs is 2. The molecule has 0 fully saturated rings.